The fourth-order valence-corrected chi connectivity index (χ4v) is 4.07. The molecule has 118 valence electrons. The summed E-state index contributed by atoms with van der Waals surface area (Å²) in [6, 6.07) is 0.535. The summed E-state index contributed by atoms with van der Waals surface area (Å²) < 4.78 is 11.9. The van der Waals surface area contributed by atoms with E-state index in [9.17, 15) is 0 Å². The van der Waals surface area contributed by atoms with Crippen molar-refractivity contribution in [3.63, 3.8) is 0 Å². The number of rotatable bonds is 5. The van der Waals surface area contributed by atoms with E-state index in [0.29, 0.717) is 6.04 Å². The van der Waals surface area contributed by atoms with Gasteiger partial charge in [-0.3, -0.25) is 0 Å². The van der Waals surface area contributed by atoms with Gasteiger partial charge in [0.15, 0.2) is 0 Å². The van der Waals surface area contributed by atoms with Crippen LogP contribution in [0.4, 0.5) is 0 Å². The third-order valence-electron chi connectivity index (χ3n) is 5.50. The van der Waals surface area contributed by atoms with E-state index in [1.165, 1.54) is 44.9 Å². The molecule has 2 unspecified atom stereocenters. The summed E-state index contributed by atoms with van der Waals surface area (Å²) >= 11 is 0. The molecule has 1 aliphatic heterocycles. The van der Waals surface area contributed by atoms with Crippen molar-refractivity contribution in [2.45, 2.75) is 82.5 Å². The molecule has 1 saturated carbocycles. The Morgan fingerprint density at radius 3 is 2.60 bits per heavy atom. The second kappa shape index (κ2) is 6.76. The third kappa shape index (κ3) is 3.96. The van der Waals surface area contributed by atoms with Crippen LogP contribution in [0.3, 0.4) is 0 Å². The number of hydrogen-bond donors (Lipinski definition) is 1. The molecule has 0 aromatic rings. The van der Waals surface area contributed by atoms with Gasteiger partial charge < -0.3 is 14.8 Å². The molecule has 0 aromatic heterocycles. The number of methoxy groups -OCH3 is 1. The Hall–Kier alpha value is -0.120. The van der Waals surface area contributed by atoms with E-state index in [-0.39, 0.29) is 11.2 Å². The van der Waals surface area contributed by atoms with Gasteiger partial charge in [-0.25, -0.2) is 0 Å². The first-order valence-corrected chi connectivity index (χ1v) is 8.37. The van der Waals surface area contributed by atoms with Crippen LogP contribution in [0.5, 0.6) is 0 Å². The van der Waals surface area contributed by atoms with Crippen molar-refractivity contribution in [1.82, 2.24) is 5.32 Å². The first kappa shape index (κ1) is 16.3. The zero-order valence-corrected chi connectivity index (χ0v) is 13.8. The Labute approximate surface area is 124 Å². The van der Waals surface area contributed by atoms with Gasteiger partial charge >= 0.3 is 0 Å². The predicted molar refractivity (Wildman–Crippen MR) is 83.0 cm³/mol. The summed E-state index contributed by atoms with van der Waals surface area (Å²) in [5, 5.41) is 3.55. The Morgan fingerprint density at radius 1 is 1.30 bits per heavy atom. The Bertz CT molecular complexity index is 292. The second-order valence-electron chi connectivity index (χ2n) is 7.41. The highest BCUT2D eigenvalue weighted by molar-refractivity contribution is 4.94. The molecule has 20 heavy (non-hydrogen) atoms. The number of nitrogens with one attached hydrogen (secondary N) is 1. The molecule has 1 saturated heterocycles. The summed E-state index contributed by atoms with van der Waals surface area (Å²) in [6.45, 7) is 5.32. The highest BCUT2D eigenvalue weighted by Gasteiger charge is 2.41. The van der Waals surface area contributed by atoms with Gasteiger partial charge in [-0.15, -0.1) is 0 Å². The standard InChI is InChI=1S/C17H33NO2/c1-16(2,19-4)13-15(18-3)14-8-11-20-17(12-14)9-6-5-7-10-17/h14-15,18H,5-13H2,1-4H3. The summed E-state index contributed by atoms with van der Waals surface area (Å²) in [5.41, 5.74) is 0.152. The molecule has 2 rings (SSSR count). The largest absolute Gasteiger partial charge is 0.379 e. The van der Waals surface area contributed by atoms with E-state index >= 15 is 0 Å². The van der Waals surface area contributed by atoms with Crippen molar-refractivity contribution < 1.29 is 9.47 Å². The lowest BCUT2D eigenvalue weighted by Crippen LogP contribution is -2.49. The van der Waals surface area contributed by atoms with Crippen LogP contribution in [-0.4, -0.2) is 38.0 Å². The maximum atomic E-state index is 6.23. The van der Waals surface area contributed by atoms with Crippen LogP contribution in [0.15, 0.2) is 0 Å². The van der Waals surface area contributed by atoms with Crippen molar-refractivity contribution in [1.29, 1.82) is 0 Å². The SMILES string of the molecule is CNC(CC(C)(C)OC)C1CCOC2(CCCCC2)C1. The Balaban J connectivity index is 1.98. The van der Waals surface area contributed by atoms with Crippen molar-refractivity contribution >= 4 is 0 Å². The van der Waals surface area contributed by atoms with Gasteiger partial charge in [-0.1, -0.05) is 19.3 Å². The van der Waals surface area contributed by atoms with Crippen molar-refractivity contribution in [3.8, 4) is 0 Å². The Morgan fingerprint density at radius 2 is 2.00 bits per heavy atom. The smallest absolute Gasteiger partial charge is 0.0685 e. The molecule has 0 bridgehead atoms. The molecule has 2 atom stereocenters. The zero-order valence-electron chi connectivity index (χ0n) is 13.8. The summed E-state index contributed by atoms with van der Waals surface area (Å²) in [6.07, 6.45) is 10.1. The van der Waals surface area contributed by atoms with Crippen molar-refractivity contribution in [2.24, 2.45) is 5.92 Å². The molecule has 1 spiro atoms. The molecule has 3 heteroatoms. The molecular weight excluding hydrogens is 250 g/mol. The van der Waals surface area contributed by atoms with E-state index < -0.39 is 0 Å². The minimum atomic E-state index is -0.0499. The van der Waals surface area contributed by atoms with E-state index in [4.69, 9.17) is 9.47 Å². The van der Waals surface area contributed by atoms with Gasteiger partial charge in [0.1, 0.15) is 0 Å². The van der Waals surface area contributed by atoms with Gasteiger partial charge in [0.25, 0.3) is 0 Å². The predicted octanol–water partition coefficient (Wildman–Crippen LogP) is 3.52. The van der Waals surface area contributed by atoms with Crippen LogP contribution in [0.1, 0.15) is 65.2 Å². The molecule has 3 nitrogen and oxygen atoms in total. The topological polar surface area (TPSA) is 30.5 Å². The summed E-state index contributed by atoms with van der Waals surface area (Å²) in [7, 11) is 3.92. The molecule has 0 radical (unpaired) electrons. The normalized spacial score (nSPS) is 28.5. The summed E-state index contributed by atoms with van der Waals surface area (Å²) in [4.78, 5) is 0. The Kier molecular flexibility index (Phi) is 5.49. The lowest BCUT2D eigenvalue weighted by Gasteiger charge is -2.46. The summed E-state index contributed by atoms with van der Waals surface area (Å²) in [5.74, 6) is 0.723. The first-order valence-electron chi connectivity index (χ1n) is 8.37. The lowest BCUT2D eigenvalue weighted by atomic mass is 9.73. The van der Waals surface area contributed by atoms with Gasteiger partial charge in [-0.2, -0.15) is 0 Å². The van der Waals surface area contributed by atoms with E-state index in [1.807, 2.05) is 7.11 Å². The van der Waals surface area contributed by atoms with Crippen molar-refractivity contribution in [2.75, 3.05) is 20.8 Å². The average Bonchev–Trinajstić information content (AvgIpc) is 2.46. The van der Waals surface area contributed by atoms with Crippen LogP contribution >= 0.6 is 0 Å². The molecule has 0 aromatic carbocycles. The van der Waals surface area contributed by atoms with E-state index in [2.05, 4.69) is 26.2 Å². The molecule has 1 heterocycles. The minimum absolute atomic E-state index is 0.0499. The average molecular weight is 283 g/mol. The number of hydrogen-bond acceptors (Lipinski definition) is 3. The zero-order chi connectivity index (χ0) is 14.6. The highest BCUT2D eigenvalue weighted by Crippen LogP contribution is 2.42. The molecule has 1 N–H and O–H groups in total. The fourth-order valence-electron chi connectivity index (χ4n) is 4.07. The van der Waals surface area contributed by atoms with Crippen LogP contribution in [0.2, 0.25) is 0 Å². The minimum Gasteiger partial charge on any atom is -0.379 e. The van der Waals surface area contributed by atoms with Crippen molar-refractivity contribution in [3.05, 3.63) is 0 Å². The first-order chi connectivity index (χ1) is 9.50. The van der Waals surface area contributed by atoms with Crippen LogP contribution in [0.25, 0.3) is 0 Å². The second-order valence-corrected chi connectivity index (χ2v) is 7.41. The fraction of sp³-hybridized carbons (Fsp3) is 1.00. The maximum Gasteiger partial charge on any atom is 0.0685 e. The van der Waals surface area contributed by atoms with Gasteiger partial charge in [0.2, 0.25) is 0 Å². The van der Waals surface area contributed by atoms with Gasteiger partial charge in [0.05, 0.1) is 11.2 Å². The number of ether oxygens (including phenoxy) is 2. The van der Waals surface area contributed by atoms with Gasteiger partial charge in [0, 0.05) is 19.8 Å². The quantitative estimate of drug-likeness (QED) is 0.837. The molecule has 2 aliphatic rings. The lowest BCUT2D eigenvalue weighted by molar-refractivity contribution is -0.124. The maximum absolute atomic E-state index is 6.23. The monoisotopic (exact) mass is 283 g/mol. The van der Waals surface area contributed by atoms with E-state index in [0.717, 1.165) is 18.9 Å². The van der Waals surface area contributed by atoms with Crippen LogP contribution in [-0.2, 0) is 9.47 Å². The molecule has 0 amide bonds. The van der Waals surface area contributed by atoms with Gasteiger partial charge in [-0.05, 0) is 58.9 Å². The highest BCUT2D eigenvalue weighted by atomic mass is 16.5. The third-order valence-corrected chi connectivity index (χ3v) is 5.50. The van der Waals surface area contributed by atoms with E-state index in [1.54, 1.807) is 0 Å². The molecule has 2 fully saturated rings. The molecule has 1 aliphatic carbocycles. The van der Waals surface area contributed by atoms with Crippen LogP contribution in [0, 0.1) is 5.92 Å². The molecular formula is C17H33NO2. The van der Waals surface area contributed by atoms with Crippen LogP contribution < -0.4 is 5.32 Å².